The number of nitrogens with one attached hydrogen (secondary N) is 1. The number of benzene rings is 3. The fraction of sp³-hybridized carbons (Fsp3) is 0.136. The van der Waals surface area contributed by atoms with Crippen molar-refractivity contribution >= 4 is 23.4 Å². The van der Waals surface area contributed by atoms with Crippen molar-refractivity contribution in [1.82, 2.24) is 0 Å². The monoisotopic (exact) mass is 363 g/mol. The van der Waals surface area contributed by atoms with Gasteiger partial charge in [0.1, 0.15) is 5.75 Å². The molecule has 0 aliphatic rings. The first-order valence-electron chi connectivity index (χ1n) is 8.48. The molecule has 3 rings (SSSR count). The van der Waals surface area contributed by atoms with Crippen LogP contribution in [0.15, 0.2) is 88.7 Å². The molecule has 1 atom stereocenters. The second-order valence-corrected chi connectivity index (χ2v) is 7.09. The van der Waals surface area contributed by atoms with Crippen molar-refractivity contribution in [2.45, 2.75) is 29.7 Å². The van der Waals surface area contributed by atoms with E-state index in [1.165, 1.54) is 0 Å². The first-order chi connectivity index (χ1) is 12.6. The normalized spacial score (nSPS) is 11.6. The lowest BCUT2D eigenvalue weighted by molar-refractivity contribution is -0.122. The number of hydrogen-bond acceptors (Lipinski definition) is 3. The van der Waals surface area contributed by atoms with Crippen LogP contribution in [0.25, 0.3) is 0 Å². The molecule has 0 aromatic heterocycles. The van der Waals surface area contributed by atoms with Crippen LogP contribution in [0.1, 0.15) is 12.5 Å². The molecule has 4 heteroatoms. The maximum atomic E-state index is 12.5. The van der Waals surface area contributed by atoms with E-state index in [1.807, 2.05) is 85.8 Å². The predicted molar refractivity (Wildman–Crippen MR) is 107 cm³/mol. The van der Waals surface area contributed by atoms with E-state index in [0.717, 1.165) is 21.0 Å². The van der Waals surface area contributed by atoms with E-state index in [2.05, 4.69) is 5.32 Å². The molecular formula is C22H21NO2S. The maximum absolute atomic E-state index is 12.5. The van der Waals surface area contributed by atoms with Crippen LogP contribution in [-0.4, -0.2) is 12.0 Å². The Bertz CT molecular complexity index is 863. The molecule has 0 aliphatic carbocycles. The van der Waals surface area contributed by atoms with Crippen LogP contribution in [0.2, 0.25) is 0 Å². The van der Waals surface area contributed by atoms with Gasteiger partial charge in [-0.2, -0.15) is 0 Å². The van der Waals surface area contributed by atoms with Gasteiger partial charge in [-0.3, -0.25) is 4.79 Å². The summed E-state index contributed by atoms with van der Waals surface area (Å²) in [5.74, 6) is 0.511. The molecule has 3 aromatic carbocycles. The zero-order valence-corrected chi connectivity index (χ0v) is 15.6. The SMILES string of the molecule is Cc1ccc(O[C@@H](C)C(=O)Nc2ccccc2Sc2ccccc2)cc1. The largest absolute Gasteiger partial charge is 0.481 e. The second-order valence-electron chi connectivity index (χ2n) is 5.97. The van der Waals surface area contributed by atoms with E-state index < -0.39 is 6.10 Å². The number of carbonyl (C=O) groups is 1. The van der Waals surface area contributed by atoms with Crippen molar-refractivity contribution in [3.63, 3.8) is 0 Å². The summed E-state index contributed by atoms with van der Waals surface area (Å²) in [5.41, 5.74) is 1.94. The van der Waals surface area contributed by atoms with Crippen LogP contribution in [0.5, 0.6) is 5.75 Å². The summed E-state index contributed by atoms with van der Waals surface area (Å²) >= 11 is 1.62. The Kier molecular flexibility index (Phi) is 5.97. The predicted octanol–water partition coefficient (Wildman–Crippen LogP) is 5.55. The third kappa shape index (κ3) is 4.90. The Labute approximate surface area is 158 Å². The Morgan fingerprint density at radius 3 is 2.31 bits per heavy atom. The van der Waals surface area contributed by atoms with Crippen molar-refractivity contribution in [2.24, 2.45) is 0 Å². The third-order valence-electron chi connectivity index (χ3n) is 3.82. The fourth-order valence-corrected chi connectivity index (χ4v) is 3.31. The molecule has 3 aromatic rings. The summed E-state index contributed by atoms with van der Waals surface area (Å²) in [6.45, 7) is 3.77. The average Bonchev–Trinajstić information content (AvgIpc) is 2.66. The number of anilines is 1. The quantitative estimate of drug-likeness (QED) is 0.624. The maximum Gasteiger partial charge on any atom is 0.265 e. The van der Waals surface area contributed by atoms with Gasteiger partial charge in [0.15, 0.2) is 6.10 Å². The zero-order valence-electron chi connectivity index (χ0n) is 14.8. The molecule has 0 unspecified atom stereocenters. The van der Waals surface area contributed by atoms with E-state index in [0.29, 0.717) is 5.75 Å². The van der Waals surface area contributed by atoms with Crippen LogP contribution < -0.4 is 10.1 Å². The molecule has 0 fully saturated rings. The minimum Gasteiger partial charge on any atom is -0.481 e. The lowest BCUT2D eigenvalue weighted by Crippen LogP contribution is -2.30. The Morgan fingerprint density at radius 2 is 1.58 bits per heavy atom. The molecule has 0 saturated carbocycles. The summed E-state index contributed by atoms with van der Waals surface area (Å²) in [5, 5.41) is 2.98. The van der Waals surface area contributed by atoms with Gasteiger partial charge in [-0.05, 0) is 50.2 Å². The zero-order chi connectivity index (χ0) is 18.4. The number of aryl methyl sites for hydroxylation is 1. The van der Waals surface area contributed by atoms with Gasteiger partial charge < -0.3 is 10.1 Å². The van der Waals surface area contributed by atoms with Crippen molar-refractivity contribution < 1.29 is 9.53 Å². The number of carbonyl (C=O) groups excluding carboxylic acids is 1. The number of rotatable bonds is 6. The van der Waals surface area contributed by atoms with Crippen LogP contribution in [0.3, 0.4) is 0 Å². The summed E-state index contributed by atoms with van der Waals surface area (Å²) < 4.78 is 5.74. The van der Waals surface area contributed by atoms with Crippen LogP contribution >= 0.6 is 11.8 Å². The van der Waals surface area contributed by atoms with E-state index in [-0.39, 0.29) is 5.91 Å². The van der Waals surface area contributed by atoms with Crippen molar-refractivity contribution in [3.05, 3.63) is 84.4 Å². The molecule has 0 aliphatic heterocycles. The van der Waals surface area contributed by atoms with E-state index in [9.17, 15) is 4.79 Å². The standard InChI is InChI=1S/C22H21NO2S/c1-16-12-14-18(15-13-16)25-17(2)22(24)23-20-10-6-7-11-21(20)26-19-8-4-3-5-9-19/h3-15,17H,1-2H3,(H,23,24)/t17-/m0/s1. The lowest BCUT2D eigenvalue weighted by atomic mass is 10.2. The van der Waals surface area contributed by atoms with Crippen molar-refractivity contribution in [3.8, 4) is 5.75 Å². The smallest absolute Gasteiger partial charge is 0.265 e. The molecular weight excluding hydrogens is 342 g/mol. The van der Waals surface area contributed by atoms with Gasteiger partial charge in [0.05, 0.1) is 5.69 Å². The van der Waals surface area contributed by atoms with E-state index in [4.69, 9.17) is 4.74 Å². The van der Waals surface area contributed by atoms with Gasteiger partial charge in [0.25, 0.3) is 5.91 Å². The number of amides is 1. The highest BCUT2D eigenvalue weighted by atomic mass is 32.2. The summed E-state index contributed by atoms with van der Waals surface area (Å²) in [6.07, 6.45) is -0.590. The number of ether oxygens (including phenoxy) is 1. The second kappa shape index (κ2) is 8.59. The van der Waals surface area contributed by atoms with Crippen LogP contribution in [-0.2, 0) is 4.79 Å². The molecule has 0 radical (unpaired) electrons. The van der Waals surface area contributed by atoms with Crippen LogP contribution in [0.4, 0.5) is 5.69 Å². The lowest BCUT2D eigenvalue weighted by Gasteiger charge is -2.16. The molecule has 3 nitrogen and oxygen atoms in total. The highest BCUT2D eigenvalue weighted by molar-refractivity contribution is 7.99. The van der Waals surface area contributed by atoms with E-state index in [1.54, 1.807) is 18.7 Å². The molecule has 0 spiro atoms. The number of hydrogen-bond donors (Lipinski definition) is 1. The minimum atomic E-state index is -0.590. The molecule has 1 N–H and O–H groups in total. The van der Waals surface area contributed by atoms with E-state index >= 15 is 0 Å². The minimum absolute atomic E-state index is 0.174. The van der Waals surface area contributed by atoms with Gasteiger partial charge in [-0.1, -0.05) is 59.8 Å². The first kappa shape index (κ1) is 18.1. The molecule has 0 saturated heterocycles. The molecule has 0 bridgehead atoms. The van der Waals surface area contributed by atoms with Crippen molar-refractivity contribution in [1.29, 1.82) is 0 Å². The molecule has 26 heavy (non-hydrogen) atoms. The average molecular weight is 363 g/mol. The Hall–Kier alpha value is -2.72. The van der Waals surface area contributed by atoms with Gasteiger partial charge in [-0.25, -0.2) is 0 Å². The fourth-order valence-electron chi connectivity index (χ4n) is 2.38. The Balaban J connectivity index is 1.68. The van der Waals surface area contributed by atoms with Gasteiger partial charge in [0, 0.05) is 9.79 Å². The Morgan fingerprint density at radius 1 is 0.923 bits per heavy atom. The molecule has 0 heterocycles. The number of para-hydroxylation sites is 1. The highest BCUT2D eigenvalue weighted by Gasteiger charge is 2.16. The molecule has 1 amide bonds. The first-order valence-corrected chi connectivity index (χ1v) is 9.29. The van der Waals surface area contributed by atoms with Crippen LogP contribution in [0, 0.1) is 6.92 Å². The van der Waals surface area contributed by atoms with Crippen molar-refractivity contribution in [2.75, 3.05) is 5.32 Å². The van der Waals surface area contributed by atoms with Gasteiger partial charge in [-0.15, -0.1) is 0 Å². The summed E-state index contributed by atoms with van der Waals surface area (Å²) in [4.78, 5) is 14.7. The summed E-state index contributed by atoms with van der Waals surface area (Å²) in [6, 6.07) is 25.5. The third-order valence-corrected chi connectivity index (χ3v) is 4.90. The molecule has 132 valence electrons. The van der Waals surface area contributed by atoms with Gasteiger partial charge >= 0.3 is 0 Å². The van der Waals surface area contributed by atoms with Gasteiger partial charge in [0.2, 0.25) is 0 Å². The summed E-state index contributed by atoms with van der Waals surface area (Å²) in [7, 11) is 0. The highest BCUT2D eigenvalue weighted by Crippen LogP contribution is 2.33. The topological polar surface area (TPSA) is 38.3 Å².